The molecular formula is C28H28Cl2N4O3S. The van der Waals surface area contributed by atoms with Gasteiger partial charge in [0.05, 0.1) is 30.3 Å². The Bertz CT molecular complexity index is 1360. The Kier molecular flexibility index (Phi) is 8.04. The van der Waals surface area contributed by atoms with Gasteiger partial charge in [0.1, 0.15) is 0 Å². The second-order valence-corrected chi connectivity index (χ2v) is 11.6. The Hall–Kier alpha value is -2.91. The third kappa shape index (κ3) is 5.73. The van der Waals surface area contributed by atoms with Gasteiger partial charge in [-0.25, -0.2) is 0 Å². The highest BCUT2D eigenvalue weighted by Gasteiger charge is 2.35. The first-order valence-corrected chi connectivity index (χ1v) is 14.2. The van der Waals surface area contributed by atoms with Crippen molar-refractivity contribution >= 4 is 63.6 Å². The van der Waals surface area contributed by atoms with E-state index in [1.807, 2.05) is 17.5 Å². The van der Waals surface area contributed by atoms with E-state index >= 15 is 0 Å². The van der Waals surface area contributed by atoms with Crippen LogP contribution in [0.25, 0.3) is 0 Å². The smallest absolute Gasteiger partial charge is 0.251 e. The maximum absolute atomic E-state index is 13.8. The van der Waals surface area contributed by atoms with Crippen molar-refractivity contribution in [2.75, 3.05) is 10.2 Å². The van der Waals surface area contributed by atoms with Gasteiger partial charge in [0.2, 0.25) is 11.8 Å². The normalized spacial score (nSPS) is 21.3. The van der Waals surface area contributed by atoms with Crippen LogP contribution in [-0.4, -0.2) is 29.8 Å². The summed E-state index contributed by atoms with van der Waals surface area (Å²) in [5.74, 6) is -0.741. The molecule has 7 nitrogen and oxygen atoms in total. The second-order valence-electron chi connectivity index (χ2n) is 9.71. The summed E-state index contributed by atoms with van der Waals surface area (Å²) in [5.41, 5.74) is 8.11. The van der Waals surface area contributed by atoms with Gasteiger partial charge in [0.15, 0.2) is 0 Å². The number of halogens is 2. The third-order valence-corrected chi connectivity index (χ3v) is 8.55. The summed E-state index contributed by atoms with van der Waals surface area (Å²) < 4.78 is 0. The van der Waals surface area contributed by atoms with Gasteiger partial charge in [-0.1, -0.05) is 48.2 Å². The van der Waals surface area contributed by atoms with Crippen molar-refractivity contribution in [3.8, 4) is 0 Å². The van der Waals surface area contributed by atoms with E-state index in [0.717, 1.165) is 30.6 Å². The number of rotatable bonds is 5. The fourth-order valence-electron chi connectivity index (χ4n) is 5.19. The molecule has 1 saturated carbocycles. The zero-order valence-electron chi connectivity index (χ0n) is 20.6. The number of hydrogen-bond acceptors (Lipinski definition) is 5. The molecule has 198 valence electrons. The number of nitrogens with zero attached hydrogens (tertiary/aromatic N) is 1. The van der Waals surface area contributed by atoms with Crippen LogP contribution >= 0.6 is 34.5 Å². The molecular weight excluding hydrogens is 543 g/mol. The fourth-order valence-corrected chi connectivity index (χ4v) is 6.42. The molecule has 5 rings (SSSR count). The Morgan fingerprint density at radius 1 is 1.11 bits per heavy atom. The highest BCUT2D eigenvalue weighted by Crippen LogP contribution is 2.41. The monoisotopic (exact) mass is 570 g/mol. The largest absolute Gasteiger partial charge is 0.348 e. The Balaban J connectivity index is 1.52. The molecule has 2 aromatic carbocycles. The van der Waals surface area contributed by atoms with Gasteiger partial charge < -0.3 is 21.3 Å². The lowest BCUT2D eigenvalue weighted by Gasteiger charge is -2.32. The maximum Gasteiger partial charge on any atom is 0.251 e. The number of amides is 3. The summed E-state index contributed by atoms with van der Waals surface area (Å²) in [6.45, 7) is 0. The minimum Gasteiger partial charge on any atom is -0.348 e. The fraction of sp³-hybridized carbons (Fsp3) is 0.321. The van der Waals surface area contributed by atoms with Crippen LogP contribution in [0.1, 0.15) is 58.9 Å². The molecule has 2 heterocycles. The number of anilines is 2. The molecule has 1 aliphatic carbocycles. The van der Waals surface area contributed by atoms with E-state index in [1.165, 1.54) is 11.3 Å². The Labute approximate surface area is 235 Å². The van der Waals surface area contributed by atoms with Crippen LogP contribution in [-0.2, 0) is 16.0 Å². The van der Waals surface area contributed by atoms with Crippen molar-refractivity contribution < 1.29 is 14.4 Å². The molecule has 1 aliphatic heterocycles. The average Bonchev–Trinajstić information content (AvgIpc) is 3.33. The topological polar surface area (TPSA) is 105 Å². The van der Waals surface area contributed by atoms with Gasteiger partial charge in [0, 0.05) is 32.6 Å². The zero-order chi connectivity index (χ0) is 26.8. The lowest BCUT2D eigenvalue weighted by atomic mass is 9.91. The highest BCUT2D eigenvalue weighted by atomic mass is 35.5. The number of fused-ring (bicyclic) bond motifs is 1. The second kappa shape index (κ2) is 11.5. The molecule has 38 heavy (non-hydrogen) atoms. The van der Waals surface area contributed by atoms with Crippen molar-refractivity contribution in [3.63, 3.8) is 0 Å². The first-order chi connectivity index (χ1) is 18.3. The number of carbonyl (C=O) groups excluding carboxylic acids is 3. The first kappa shape index (κ1) is 26.7. The highest BCUT2D eigenvalue weighted by molar-refractivity contribution is 7.10. The molecule has 1 aromatic heterocycles. The number of thiophene rings is 1. The summed E-state index contributed by atoms with van der Waals surface area (Å²) in [6.07, 6.45) is 3.95. The third-order valence-electron chi connectivity index (χ3n) is 7.11. The Morgan fingerprint density at radius 2 is 1.92 bits per heavy atom. The molecule has 2 aliphatic rings. The van der Waals surface area contributed by atoms with Gasteiger partial charge in [-0.3, -0.25) is 14.4 Å². The molecule has 3 amide bonds. The minimum atomic E-state index is -0.659. The van der Waals surface area contributed by atoms with E-state index in [9.17, 15) is 14.4 Å². The molecule has 10 heteroatoms. The Morgan fingerprint density at radius 3 is 2.66 bits per heavy atom. The van der Waals surface area contributed by atoms with Crippen molar-refractivity contribution in [1.82, 2.24) is 5.32 Å². The van der Waals surface area contributed by atoms with Gasteiger partial charge in [-0.15, -0.1) is 11.3 Å². The predicted octanol–water partition coefficient (Wildman–Crippen LogP) is 5.71. The molecule has 3 unspecified atom stereocenters. The molecule has 4 N–H and O–H groups in total. The van der Waals surface area contributed by atoms with Crippen molar-refractivity contribution in [2.24, 2.45) is 5.73 Å². The number of benzene rings is 2. The van der Waals surface area contributed by atoms with Crippen molar-refractivity contribution in [1.29, 1.82) is 0 Å². The molecule has 0 spiro atoms. The molecule has 0 radical (unpaired) electrons. The van der Waals surface area contributed by atoms with Crippen LogP contribution in [0.5, 0.6) is 0 Å². The van der Waals surface area contributed by atoms with Crippen LogP contribution in [0, 0.1) is 0 Å². The van der Waals surface area contributed by atoms with E-state index in [2.05, 4.69) is 10.6 Å². The van der Waals surface area contributed by atoms with Crippen LogP contribution in [0.3, 0.4) is 0 Å². The van der Waals surface area contributed by atoms with Gasteiger partial charge in [-0.2, -0.15) is 0 Å². The molecule has 3 atom stereocenters. The average molecular weight is 572 g/mol. The van der Waals surface area contributed by atoms with Gasteiger partial charge in [-0.05, 0) is 60.2 Å². The van der Waals surface area contributed by atoms with Crippen LogP contribution in [0.4, 0.5) is 11.4 Å². The molecule has 0 bridgehead atoms. The maximum atomic E-state index is 13.8. The SMILES string of the molecule is NC1CCCCC1NC(=O)c1ccc2c(c1)NC(=O)CC(c1ccc(Cl)cc1Cl)N2C(=O)Cc1cccs1. The summed E-state index contributed by atoms with van der Waals surface area (Å²) in [7, 11) is 0. The molecule has 1 fully saturated rings. The van der Waals surface area contributed by atoms with Crippen LogP contribution < -0.4 is 21.3 Å². The van der Waals surface area contributed by atoms with E-state index in [4.69, 9.17) is 28.9 Å². The lowest BCUT2D eigenvalue weighted by molar-refractivity contribution is -0.119. The number of nitrogens with one attached hydrogen (secondary N) is 2. The summed E-state index contributed by atoms with van der Waals surface area (Å²) in [6, 6.07) is 13.0. The minimum absolute atomic E-state index is 0.00926. The van der Waals surface area contributed by atoms with E-state index in [-0.39, 0.29) is 42.6 Å². The van der Waals surface area contributed by atoms with Crippen LogP contribution in [0.15, 0.2) is 53.9 Å². The van der Waals surface area contributed by atoms with Gasteiger partial charge >= 0.3 is 0 Å². The first-order valence-electron chi connectivity index (χ1n) is 12.6. The van der Waals surface area contributed by atoms with E-state index < -0.39 is 6.04 Å². The van der Waals surface area contributed by atoms with Gasteiger partial charge in [0.25, 0.3) is 5.91 Å². The summed E-state index contributed by atoms with van der Waals surface area (Å²) in [4.78, 5) is 42.5. The molecule has 0 saturated heterocycles. The lowest BCUT2D eigenvalue weighted by Crippen LogP contribution is -2.49. The van der Waals surface area contributed by atoms with E-state index in [1.54, 1.807) is 41.3 Å². The quantitative estimate of drug-likeness (QED) is 0.365. The van der Waals surface area contributed by atoms with Crippen molar-refractivity contribution in [3.05, 3.63) is 80.0 Å². The number of hydrogen-bond donors (Lipinski definition) is 3. The number of nitrogens with two attached hydrogens (primary N) is 1. The summed E-state index contributed by atoms with van der Waals surface area (Å²) in [5, 5.41) is 8.69. The number of carbonyl (C=O) groups is 3. The van der Waals surface area contributed by atoms with Crippen molar-refractivity contribution in [2.45, 2.75) is 56.7 Å². The van der Waals surface area contributed by atoms with Crippen LogP contribution in [0.2, 0.25) is 10.0 Å². The zero-order valence-corrected chi connectivity index (χ0v) is 22.9. The van der Waals surface area contributed by atoms with E-state index in [0.29, 0.717) is 32.5 Å². The predicted molar refractivity (Wildman–Crippen MR) is 152 cm³/mol. The summed E-state index contributed by atoms with van der Waals surface area (Å²) >= 11 is 14.2. The molecule has 3 aromatic rings. The standard InChI is InChI=1S/C28H28Cl2N4O3S/c29-17-8-9-19(20(30)13-17)25-15-26(35)32-23-12-16(28(37)33-22-6-2-1-5-21(22)31)7-10-24(23)34(25)27(36)14-18-4-3-11-38-18/h3-4,7-13,21-22,25H,1-2,5-6,14-15,31H2,(H,32,35)(H,33,37).